The lowest BCUT2D eigenvalue weighted by atomic mass is 10.2. The lowest BCUT2D eigenvalue weighted by Gasteiger charge is -2.19. The molecular formula is C14H20FNO4. The highest BCUT2D eigenvalue weighted by Crippen LogP contribution is 2.18. The number of halogens is 1. The zero-order chi connectivity index (χ0) is 15.2. The van der Waals surface area contributed by atoms with Gasteiger partial charge in [0.15, 0.2) is 11.6 Å². The summed E-state index contributed by atoms with van der Waals surface area (Å²) >= 11 is 0. The van der Waals surface area contributed by atoms with Gasteiger partial charge in [-0.3, -0.25) is 0 Å². The molecule has 0 aliphatic carbocycles. The molecule has 1 amide bonds. The molecule has 0 atom stereocenters. The molecule has 0 heterocycles. The summed E-state index contributed by atoms with van der Waals surface area (Å²) in [4.78, 5) is 11.5. The van der Waals surface area contributed by atoms with Gasteiger partial charge in [0.25, 0.3) is 0 Å². The molecule has 0 aliphatic heterocycles. The Morgan fingerprint density at radius 2 is 2.10 bits per heavy atom. The van der Waals surface area contributed by atoms with Crippen LogP contribution < -0.4 is 10.1 Å². The van der Waals surface area contributed by atoms with Gasteiger partial charge in [0.2, 0.25) is 0 Å². The number of amides is 1. The summed E-state index contributed by atoms with van der Waals surface area (Å²) in [5.74, 6) is -0.470. The number of alkyl carbamates (subject to hydrolysis) is 1. The van der Waals surface area contributed by atoms with Crippen molar-refractivity contribution in [1.29, 1.82) is 0 Å². The fourth-order valence-corrected chi connectivity index (χ4v) is 1.41. The minimum atomic E-state index is -0.567. The Morgan fingerprint density at radius 3 is 2.70 bits per heavy atom. The molecule has 0 unspecified atom stereocenters. The zero-order valence-electron chi connectivity index (χ0n) is 11.9. The Morgan fingerprint density at radius 1 is 1.40 bits per heavy atom. The number of hydrogen-bond donors (Lipinski definition) is 2. The molecule has 0 spiro atoms. The molecule has 0 saturated heterocycles. The molecule has 112 valence electrons. The van der Waals surface area contributed by atoms with Gasteiger partial charge in [-0.15, -0.1) is 0 Å². The molecule has 0 bridgehead atoms. The van der Waals surface area contributed by atoms with Crippen molar-refractivity contribution in [2.24, 2.45) is 0 Å². The lowest BCUT2D eigenvalue weighted by molar-refractivity contribution is 0.0523. The quantitative estimate of drug-likeness (QED) is 0.870. The van der Waals surface area contributed by atoms with Crippen molar-refractivity contribution < 1.29 is 23.8 Å². The maximum absolute atomic E-state index is 13.4. The van der Waals surface area contributed by atoms with Crippen molar-refractivity contribution in [3.63, 3.8) is 0 Å². The zero-order valence-corrected chi connectivity index (χ0v) is 11.9. The Balaban J connectivity index is 2.58. The Kier molecular flexibility index (Phi) is 5.76. The first-order valence-electron chi connectivity index (χ1n) is 6.31. The fraction of sp³-hybridized carbons (Fsp3) is 0.500. The predicted molar refractivity (Wildman–Crippen MR) is 72.1 cm³/mol. The number of hydrogen-bond acceptors (Lipinski definition) is 4. The van der Waals surface area contributed by atoms with Gasteiger partial charge in [-0.05, 0) is 38.5 Å². The minimum Gasteiger partial charge on any atom is -0.488 e. The first-order chi connectivity index (χ1) is 9.31. The van der Waals surface area contributed by atoms with Gasteiger partial charge < -0.3 is 19.9 Å². The van der Waals surface area contributed by atoms with E-state index in [1.807, 2.05) is 0 Å². The number of aliphatic hydroxyl groups excluding tert-OH is 1. The average Bonchev–Trinajstić information content (AvgIpc) is 2.34. The van der Waals surface area contributed by atoms with E-state index in [9.17, 15) is 9.18 Å². The van der Waals surface area contributed by atoms with Gasteiger partial charge in [0, 0.05) is 6.54 Å². The molecule has 2 N–H and O–H groups in total. The Labute approximate surface area is 117 Å². The number of carbonyl (C=O) groups excluding carboxylic acids is 1. The van der Waals surface area contributed by atoms with Gasteiger partial charge in [-0.2, -0.15) is 0 Å². The number of rotatable bonds is 5. The van der Waals surface area contributed by atoms with E-state index >= 15 is 0 Å². The van der Waals surface area contributed by atoms with Gasteiger partial charge in [-0.25, -0.2) is 9.18 Å². The summed E-state index contributed by atoms with van der Waals surface area (Å²) in [7, 11) is 0. The average molecular weight is 285 g/mol. The molecule has 0 aliphatic rings. The van der Waals surface area contributed by atoms with Crippen LogP contribution in [0.5, 0.6) is 5.75 Å². The third-order valence-electron chi connectivity index (χ3n) is 2.18. The van der Waals surface area contributed by atoms with Crippen molar-refractivity contribution in [2.45, 2.75) is 32.9 Å². The van der Waals surface area contributed by atoms with Crippen LogP contribution in [-0.4, -0.2) is 30.0 Å². The van der Waals surface area contributed by atoms with Crippen LogP contribution in [0.3, 0.4) is 0 Å². The maximum atomic E-state index is 13.4. The second kappa shape index (κ2) is 7.09. The largest absolute Gasteiger partial charge is 0.488 e. The highest BCUT2D eigenvalue weighted by Gasteiger charge is 2.15. The first-order valence-corrected chi connectivity index (χ1v) is 6.31. The van der Waals surface area contributed by atoms with Crippen LogP contribution in [0.1, 0.15) is 26.3 Å². The highest BCUT2D eigenvalue weighted by atomic mass is 19.1. The van der Waals surface area contributed by atoms with Crippen LogP contribution in [0.4, 0.5) is 9.18 Å². The molecule has 6 heteroatoms. The van der Waals surface area contributed by atoms with Crippen molar-refractivity contribution in [1.82, 2.24) is 5.32 Å². The van der Waals surface area contributed by atoms with Crippen LogP contribution in [-0.2, 0) is 11.3 Å². The molecule has 1 aromatic rings. The van der Waals surface area contributed by atoms with Gasteiger partial charge in [-0.1, -0.05) is 6.07 Å². The van der Waals surface area contributed by atoms with Gasteiger partial charge in [0.05, 0.1) is 6.61 Å². The van der Waals surface area contributed by atoms with Crippen LogP contribution >= 0.6 is 0 Å². The normalized spacial score (nSPS) is 11.1. The second-order valence-electron chi connectivity index (χ2n) is 5.19. The van der Waals surface area contributed by atoms with Gasteiger partial charge >= 0.3 is 6.09 Å². The third kappa shape index (κ3) is 5.88. The predicted octanol–water partition coefficient (Wildman–Crippen LogP) is 2.22. The fourth-order valence-electron chi connectivity index (χ4n) is 1.41. The molecule has 0 aromatic heterocycles. The standard InChI is InChI=1S/C14H20FNO4/c1-14(2,3)20-13(18)16-9-10-4-5-11(15)12(8-10)19-7-6-17/h4-5,8,17H,6-7,9H2,1-3H3,(H,16,18). The van der Waals surface area contributed by atoms with Crippen molar-refractivity contribution in [3.8, 4) is 5.75 Å². The number of nitrogens with one attached hydrogen (secondary N) is 1. The third-order valence-corrected chi connectivity index (χ3v) is 2.18. The Hall–Kier alpha value is -1.82. The molecule has 0 saturated carbocycles. The molecule has 20 heavy (non-hydrogen) atoms. The monoisotopic (exact) mass is 285 g/mol. The molecule has 0 fully saturated rings. The smallest absolute Gasteiger partial charge is 0.407 e. The van der Waals surface area contributed by atoms with Crippen LogP contribution in [0.15, 0.2) is 18.2 Å². The van der Waals surface area contributed by atoms with E-state index in [-0.39, 0.29) is 25.5 Å². The SMILES string of the molecule is CC(C)(C)OC(=O)NCc1ccc(F)c(OCCO)c1. The topological polar surface area (TPSA) is 67.8 Å². The van der Waals surface area contributed by atoms with Crippen LogP contribution in [0, 0.1) is 5.82 Å². The minimum absolute atomic E-state index is 0.0138. The molecule has 1 aromatic carbocycles. The van der Waals surface area contributed by atoms with E-state index in [1.54, 1.807) is 26.8 Å². The van der Waals surface area contributed by atoms with Crippen molar-refractivity contribution >= 4 is 6.09 Å². The summed E-state index contributed by atoms with van der Waals surface area (Å²) in [5, 5.41) is 11.2. The van der Waals surface area contributed by atoms with E-state index in [4.69, 9.17) is 14.6 Å². The summed E-state index contributed by atoms with van der Waals surface area (Å²) in [6, 6.07) is 4.26. The van der Waals surface area contributed by atoms with E-state index in [0.29, 0.717) is 5.56 Å². The number of ether oxygens (including phenoxy) is 2. The van der Waals surface area contributed by atoms with Crippen LogP contribution in [0.25, 0.3) is 0 Å². The Bertz CT molecular complexity index is 457. The van der Waals surface area contributed by atoms with Crippen molar-refractivity contribution in [2.75, 3.05) is 13.2 Å². The van der Waals surface area contributed by atoms with Crippen LogP contribution in [0.2, 0.25) is 0 Å². The van der Waals surface area contributed by atoms with E-state index < -0.39 is 17.5 Å². The second-order valence-corrected chi connectivity index (χ2v) is 5.19. The summed E-state index contributed by atoms with van der Waals surface area (Å²) in [6.45, 7) is 5.33. The number of carbonyl (C=O) groups is 1. The number of benzene rings is 1. The van der Waals surface area contributed by atoms with E-state index in [0.717, 1.165) is 0 Å². The van der Waals surface area contributed by atoms with E-state index in [2.05, 4.69) is 5.32 Å². The molecule has 0 radical (unpaired) electrons. The maximum Gasteiger partial charge on any atom is 0.407 e. The van der Waals surface area contributed by atoms with Gasteiger partial charge in [0.1, 0.15) is 12.2 Å². The number of aliphatic hydroxyl groups is 1. The molecule has 1 rings (SSSR count). The van der Waals surface area contributed by atoms with Crippen molar-refractivity contribution in [3.05, 3.63) is 29.6 Å². The molecule has 5 nitrogen and oxygen atoms in total. The summed E-state index contributed by atoms with van der Waals surface area (Å²) in [5.41, 5.74) is 0.104. The van der Waals surface area contributed by atoms with E-state index in [1.165, 1.54) is 12.1 Å². The molecular weight excluding hydrogens is 265 g/mol. The highest BCUT2D eigenvalue weighted by molar-refractivity contribution is 5.67. The summed E-state index contributed by atoms with van der Waals surface area (Å²) < 4.78 is 23.5. The summed E-state index contributed by atoms with van der Waals surface area (Å²) in [6.07, 6.45) is -0.542. The lowest BCUT2D eigenvalue weighted by Crippen LogP contribution is -2.32. The first kappa shape index (κ1) is 16.2.